The molecule has 2 rings (SSSR count). The number of hydrogen-bond donors (Lipinski definition) is 0. The van der Waals surface area contributed by atoms with E-state index in [1.54, 1.807) is 6.92 Å². The van der Waals surface area contributed by atoms with E-state index in [1.807, 2.05) is 60.7 Å². The van der Waals surface area contributed by atoms with Gasteiger partial charge in [0, 0.05) is 11.1 Å². The van der Waals surface area contributed by atoms with Gasteiger partial charge in [-0.05, 0) is 6.92 Å². The van der Waals surface area contributed by atoms with E-state index in [-0.39, 0.29) is 11.6 Å². The van der Waals surface area contributed by atoms with Crippen molar-refractivity contribution in [2.75, 3.05) is 4.43 Å². The molecule has 19 heavy (non-hydrogen) atoms. The van der Waals surface area contributed by atoms with Crippen LogP contribution in [0.4, 0.5) is 0 Å². The molecule has 0 atom stereocenters. The average molecular weight is 366 g/mol. The molecule has 2 nitrogen and oxygen atoms in total. The third-order valence-electron chi connectivity index (χ3n) is 2.40. The van der Waals surface area contributed by atoms with Crippen molar-refractivity contribution < 1.29 is 9.59 Å². The minimum atomic E-state index is 0.121. The van der Waals surface area contributed by atoms with Crippen molar-refractivity contribution in [3.05, 3.63) is 71.8 Å². The molecule has 0 amide bonds. The molecular weight excluding hydrogens is 351 g/mol. The quantitative estimate of drug-likeness (QED) is 0.464. The highest BCUT2D eigenvalue weighted by molar-refractivity contribution is 14.1. The number of benzene rings is 2. The fraction of sp³-hybridized carbons (Fsp3) is 0.125. The fourth-order valence-corrected chi connectivity index (χ4v) is 1.81. The summed E-state index contributed by atoms with van der Waals surface area (Å²) in [5.74, 6) is 0.316. The van der Waals surface area contributed by atoms with Gasteiger partial charge in [0.25, 0.3) is 0 Å². The number of alkyl halides is 1. The second kappa shape index (κ2) is 8.58. The Kier molecular flexibility index (Phi) is 7.03. The van der Waals surface area contributed by atoms with Gasteiger partial charge in [0.1, 0.15) is 0 Å². The molecule has 0 spiro atoms. The van der Waals surface area contributed by atoms with E-state index in [2.05, 4.69) is 22.6 Å². The molecule has 3 heteroatoms. The van der Waals surface area contributed by atoms with E-state index in [0.29, 0.717) is 4.43 Å². The first-order chi connectivity index (χ1) is 9.15. The lowest BCUT2D eigenvalue weighted by atomic mass is 10.2. The van der Waals surface area contributed by atoms with Crippen molar-refractivity contribution in [1.29, 1.82) is 0 Å². The predicted molar refractivity (Wildman–Crippen MR) is 86.1 cm³/mol. The molecule has 0 fully saturated rings. The molecule has 0 aliphatic heterocycles. The van der Waals surface area contributed by atoms with E-state index in [1.165, 1.54) is 0 Å². The third kappa shape index (κ3) is 5.79. The van der Waals surface area contributed by atoms with Gasteiger partial charge in [-0.25, -0.2) is 0 Å². The van der Waals surface area contributed by atoms with Gasteiger partial charge in [0.15, 0.2) is 11.6 Å². The van der Waals surface area contributed by atoms with Crippen molar-refractivity contribution in [2.24, 2.45) is 0 Å². The summed E-state index contributed by atoms with van der Waals surface area (Å²) in [6, 6.07) is 18.6. The van der Waals surface area contributed by atoms with Crippen LogP contribution in [0.3, 0.4) is 0 Å². The molecule has 98 valence electrons. The highest BCUT2D eigenvalue weighted by Crippen LogP contribution is 2.01. The molecule has 0 heterocycles. The fourth-order valence-electron chi connectivity index (χ4n) is 1.37. The summed E-state index contributed by atoms with van der Waals surface area (Å²) in [6.45, 7) is 1.56. The topological polar surface area (TPSA) is 34.1 Å². The Hall–Kier alpha value is -1.49. The number of carbonyl (C=O) groups excluding carboxylic acids is 2. The van der Waals surface area contributed by atoms with E-state index in [9.17, 15) is 9.59 Å². The van der Waals surface area contributed by atoms with Crippen LogP contribution in [-0.2, 0) is 0 Å². The first-order valence-corrected chi connectivity index (χ1v) is 7.38. The molecule has 0 saturated heterocycles. The Labute approximate surface area is 127 Å². The summed E-state index contributed by atoms with van der Waals surface area (Å²) >= 11 is 2.07. The molecule has 0 unspecified atom stereocenters. The van der Waals surface area contributed by atoms with Crippen LogP contribution in [0.15, 0.2) is 60.7 Å². The van der Waals surface area contributed by atoms with Crippen molar-refractivity contribution >= 4 is 34.2 Å². The maximum absolute atomic E-state index is 11.0. The molecule has 0 aliphatic carbocycles. The zero-order chi connectivity index (χ0) is 14.1. The van der Waals surface area contributed by atoms with Crippen LogP contribution in [0.2, 0.25) is 0 Å². The molecule has 0 N–H and O–H groups in total. The van der Waals surface area contributed by atoms with Crippen molar-refractivity contribution in [1.82, 2.24) is 0 Å². The first-order valence-electron chi connectivity index (χ1n) is 5.85. The van der Waals surface area contributed by atoms with Gasteiger partial charge in [0.05, 0.1) is 4.43 Å². The average Bonchev–Trinajstić information content (AvgIpc) is 2.49. The van der Waals surface area contributed by atoms with Crippen molar-refractivity contribution in [3.8, 4) is 0 Å². The van der Waals surface area contributed by atoms with E-state index >= 15 is 0 Å². The maximum Gasteiger partial charge on any atom is 0.172 e. The van der Waals surface area contributed by atoms with Crippen LogP contribution in [0.1, 0.15) is 27.6 Å². The number of hydrogen-bond acceptors (Lipinski definition) is 2. The Balaban J connectivity index is 0.000000191. The van der Waals surface area contributed by atoms with E-state index < -0.39 is 0 Å². The highest BCUT2D eigenvalue weighted by atomic mass is 127. The van der Waals surface area contributed by atoms with Gasteiger partial charge in [-0.15, -0.1) is 0 Å². The number of ketones is 2. The largest absolute Gasteiger partial charge is 0.295 e. The van der Waals surface area contributed by atoms with E-state index in [0.717, 1.165) is 11.1 Å². The van der Waals surface area contributed by atoms with Crippen LogP contribution in [0.5, 0.6) is 0 Å². The lowest BCUT2D eigenvalue weighted by molar-refractivity contribution is 0.101. The minimum absolute atomic E-state index is 0.121. The Morgan fingerprint density at radius 2 is 1.26 bits per heavy atom. The first kappa shape index (κ1) is 15.6. The zero-order valence-corrected chi connectivity index (χ0v) is 12.8. The van der Waals surface area contributed by atoms with Gasteiger partial charge >= 0.3 is 0 Å². The Morgan fingerprint density at radius 1 is 0.842 bits per heavy atom. The second-order valence-electron chi connectivity index (χ2n) is 3.85. The SMILES string of the molecule is CC(=O)c1ccccc1.O=C(CI)c1ccccc1. The second-order valence-corrected chi connectivity index (χ2v) is 4.61. The van der Waals surface area contributed by atoms with Crippen LogP contribution >= 0.6 is 22.6 Å². The summed E-state index contributed by atoms with van der Waals surface area (Å²) in [4.78, 5) is 21.7. The molecule has 0 aliphatic rings. The van der Waals surface area contributed by atoms with Gasteiger partial charge < -0.3 is 0 Å². The molecule has 0 bridgehead atoms. The molecule has 0 saturated carbocycles. The smallest absolute Gasteiger partial charge is 0.172 e. The molecule has 2 aromatic carbocycles. The lowest BCUT2D eigenvalue weighted by Crippen LogP contribution is -1.97. The van der Waals surface area contributed by atoms with Crippen LogP contribution in [0.25, 0.3) is 0 Å². The number of carbonyl (C=O) groups is 2. The molecule has 0 aromatic heterocycles. The molecular formula is C16H15IO2. The number of rotatable bonds is 3. The van der Waals surface area contributed by atoms with Crippen LogP contribution in [-0.4, -0.2) is 16.0 Å². The summed E-state index contributed by atoms with van der Waals surface area (Å²) < 4.78 is 0.557. The Morgan fingerprint density at radius 3 is 1.58 bits per heavy atom. The summed E-state index contributed by atoms with van der Waals surface area (Å²) in [6.07, 6.45) is 0. The monoisotopic (exact) mass is 366 g/mol. The zero-order valence-electron chi connectivity index (χ0n) is 10.7. The summed E-state index contributed by atoms with van der Waals surface area (Å²) in [5.41, 5.74) is 1.58. The lowest BCUT2D eigenvalue weighted by Gasteiger charge is -1.92. The third-order valence-corrected chi connectivity index (χ3v) is 3.09. The maximum atomic E-state index is 11.0. The minimum Gasteiger partial charge on any atom is -0.295 e. The van der Waals surface area contributed by atoms with E-state index in [4.69, 9.17) is 0 Å². The van der Waals surface area contributed by atoms with Gasteiger partial charge in [-0.1, -0.05) is 83.3 Å². The summed E-state index contributed by atoms with van der Waals surface area (Å²) in [5, 5.41) is 0. The highest BCUT2D eigenvalue weighted by Gasteiger charge is 1.99. The summed E-state index contributed by atoms with van der Waals surface area (Å²) in [7, 11) is 0. The van der Waals surface area contributed by atoms with Crippen molar-refractivity contribution in [2.45, 2.75) is 6.92 Å². The molecule has 0 radical (unpaired) electrons. The van der Waals surface area contributed by atoms with Gasteiger partial charge in [0.2, 0.25) is 0 Å². The van der Waals surface area contributed by atoms with Crippen LogP contribution in [0, 0.1) is 0 Å². The predicted octanol–water partition coefficient (Wildman–Crippen LogP) is 4.19. The Bertz CT molecular complexity index is 521. The normalized spacial score (nSPS) is 9.16. The van der Waals surface area contributed by atoms with Crippen molar-refractivity contribution in [3.63, 3.8) is 0 Å². The van der Waals surface area contributed by atoms with Gasteiger partial charge in [-0.2, -0.15) is 0 Å². The van der Waals surface area contributed by atoms with Crippen LogP contribution < -0.4 is 0 Å². The number of halogens is 1. The molecule has 2 aromatic rings. The standard InChI is InChI=1S/C8H7IO.C8H8O/c9-6-8(10)7-4-2-1-3-5-7;1-7(9)8-5-3-2-4-6-8/h1-5H,6H2;2-6H,1H3. The van der Waals surface area contributed by atoms with Gasteiger partial charge in [-0.3, -0.25) is 9.59 Å². The number of Topliss-reactive ketones (excluding diaryl/α,β-unsaturated/α-hetero) is 2.